The van der Waals surface area contributed by atoms with Gasteiger partial charge in [0.1, 0.15) is 0 Å². The highest BCUT2D eigenvalue weighted by Gasteiger charge is 2.07. The fourth-order valence-electron chi connectivity index (χ4n) is 1.78. The second kappa shape index (κ2) is 7.41. The van der Waals surface area contributed by atoms with Crippen LogP contribution in [0.25, 0.3) is 0 Å². The quantitative estimate of drug-likeness (QED) is 0.738. The monoisotopic (exact) mass is 264 g/mol. The van der Waals surface area contributed by atoms with Crippen molar-refractivity contribution >= 4 is 12.0 Å². The Balaban J connectivity index is 2.46. The van der Waals surface area contributed by atoms with Gasteiger partial charge in [-0.3, -0.25) is 0 Å². The smallest absolute Gasteiger partial charge is 0.335 e. The van der Waals surface area contributed by atoms with E-state index in [0.29, 0.717) is 6.54 Å². The van der Waals surface area contributed by atoms with Gasteiger partial charge in [-0.2, -0.15) is 0 Å². The van der Waals surface area contributed by atoms with Crippen LogP contribution in [-0.2, 0) is 6.54 Å². The number of aromatic carboxylic acids is 1. The van der Waals surface area contributed by atoms with Crippen molar-refractivity contribution in [3.8, 4) is 0 Å². The highest BCUT2D eigenvalue weighted by molar-refractivity contribution is 5.87. The third kappa shape index (κ3) is 5.42. The Morgan fingerprint density at radius 3 is 2.74 bits per heavy atom. The van der Waals surface area contributed by atoms with Crippen molar-refractivity contribution in [2.45, 2.75) is 39.3 Å². The van der Waals surface area contributed by atoms with Crippen molar-refractivity contribution in [1.29, 1.82) is 0 Å². The van der Waals surface area contributed by atoms with Gasteiger partial charge in [0.15, 0.2) is 0 Å². The molecule has 5 nitrogen and oxygen atoms in total. The van der Waals surface area contributed by atoms with Crippen LogP contribution >= 0.6 is 0 Å². The number of hydrogen-bond donors (Lipinski definition) is 3. The molecule has 1 rings (SSSR count). The van der Waals surface area contributed by atoms with Crippen LogP contribution < -0.4 is 10.6 Å². The first-order valence-corrected chi connectivity index (χ1v) is 6.39. The lowest BCUT2D eigenvalue weighted by atomic mass is 10.1. The molecule has 0 saturated carbocycles. The number of amides is 2. The molecule has 0 aliphatic heterocycles. The van der Waals surface area contributed by atoms with E-state index in [4.69, 9.17) is 5.11 Å². The topological polar surface area (TPSA) is 78.4 Å². The van der Waals surface area contributed by atoms with E-state index < -0.39 is 5.97 Å². The molecule has 5 heteroatoms. The Labute approximate surface area is 113 Å². The minimum absolute atomic E-state index is 0.135. The van der Waals surface area contributed by atoms with E-state index in [2.05, 4.69) is 17.6 Å². The maximum absolute atomic E-state index is 11.6. The summed E-state index contributed by atoms with van der Waals surface area (Å²) in [4.78, 5) is 22.4. The Morgan fingerprint density at radius 1 is 1.37 bits per heavy atom. The molecule has 3 N–H and O–H groups in total. The predicted molar refractivity (Wildman–Crippen MR) is 73.1 cm³/mol. The van der Waals surface area contributed by atoms with Gasteiger partial charge in [-0.05, 0) is 31.0 Å². The summed E-state index contributed by atoms with van der Waals surface area (Å²) < 4.78 is 0. The van der Waals surface area contributed by atoms with Crippen molar-refractivity contribution in [3.63, 3.8) is 0 Å². The summed E-state index contributed by atoms with van der Waals surface area (Å²) in [5, 5.41) is 14.4. The van der Waals surface area contributed by atoms with E-state index >= 15 is 0 Å². The molecule has 19 heavy (non-hydrogen) atoms. The van der Waals surface area contributed by atoms with E-state index in [1.165, 1.54) is 6.07 Å². The van der Waals surface area contributed by atoms with Gasteiger partial charge in [0.2, 0.25) is 0 Å². The van der Waals surface area contributed by atoms with Crippen LogP contribution in [0, 0.1) is 0 Å². The average molecular weight is 264 g/mol. The molecule has 0 saturated heterocycles. The molecule has 104 valence electrons. The molecule has 0 heterocycles. The normalized spacial score (nSPS) is 11.7. The zero-order valence-corrected chi connectivity index (χ0v) is 11.3. The van der Waals surface area contributed by atoms with Gasteiger partial charge in [0.25, 0.3) is 0 Å². The second-order valence-corrected chi connectivity index (χ2v) is 4.52. The molecule has 0 fully saturated rings. The van der Waals surface area contributed by atoms with Gasteiger partial charge in [-0.25, -0.2) is 9.59 Å². The minimum atomic E-state index is -0.970. The maximum Gasteiger partial charge on any atom is 0.335 e. The summed E-state index contributed by atoms with van der Waals surface area (Å²) in [6.45, 7) is 4.33. The first kappa shape index (κ1) is 15.0. The number of carboxylic acids is 1. The van der Waals surface area contributed by atoms with Gasteiger partial charge in [-0.15, -0.1) is 0 Å². The first-order valence-electron chi connectivity index (χ1n) is 6.39. The SMILES string of the molecule is CCCC(C)NC(=O)NCc1cccc(C(=O)O)c1. The van der Waals surface area contributed by atoms with Gasteiger partial charge >= 0.3 is 12.0 Å². The van der Waals surface area contributed by atoms with Crippen LogP contribution in [-0.4, -0.2) is 23.1 Å². The molecule has 1 aromatic rings. The lowest BCUT2D eigenvalue weighted by molar-refractivity contribution is 0.0696. The highest BCUT2D eigenvalue weighted by Crippen LogP contribution is 2.05. The summed E-state index contributed by atoms with van der Waals surface area (Å²) in [6.07, 6.45) is 1.95. The van der Waals surface area contributed by atoms with Crippen LogP contribution in [0.5, 0.6) is 0 Å². The van der Waals surface area contributed by atoms with Crippen LogP contribution in [0.3, 0.4) is 0 Å². The lowest BCUT2D eigenvalue weighted by Gasteiger charge is -2.13. The summed E-state index contributed by atoms with van der Waals surface area (Å²) >= 11 is 0. The molecular weight excluding hydrogens is 244 g/mol. The Morgan fingerprint density at radius 2 is 2.11 bits per heavy atom. The van der Waals surface area contributed by atoms with Gasteiger partial charge < -0.3 is 15.7 Å². The van der Waals surface area contributed by atoms with E-state index in [1.807, 2.05) is 6.92 Å². The largest absolute Gasteiger partial charge is 0.478 e. The molecule has 0 spiro atoms. The van der Waals surface area contributed by atoms with E-state index in [0.717, 1.165) is 18.4 Å². The van der Waals surface area contributed by atoms with Gasteiger partial charge in [-0.1, -0.05) is 25.5 Å². The van der Waals surface area contributed by atoms with E-state index in [-0.39, 0.29) is 17.6 Å². The Kier molecular flexibility index (Phi) is 5.85. The number of carboxylic acid groups (broad SMARTS) is 1. The van der Waals surface area contributed by atoms with E-state index in [9.17, 15) is 9.59 Å². The van der Waals surface area contributed by atoms with Crippen LogP contribution in [0.1, 0.15) is 42.6 Å². The average Bonchev–Trinajstić information content (AvgIpc) is 2.37. The summed E-state index contributed by atoms with van der Waals surface area (Å²) in [6, 6.07) is 6.42. The van der Waals surface area contributed by atoms with Crippen molar-refractivity contribution in [2.24, 2.45) is 0 Å². The standard InChI is InChI=1S/C14H20N2O3/c1-3-5-10(2)16-14(19)15-9-11-6-4-7-12(8-11)13(17)18/h4,6-8,10H,3,5,9H2,1-2H3,(H,17,18)(H2,15,16,19). The molecule has 0 bridgehead atoms. The molecule has 1 atom stereocenters. The molecule has 0 aromatic heterocycles. The zero-order valence-electron chi connectivity index (χ0n) is 11.3. The molecule has 0 aliphatic carbocycles. The van der Waals surface area contributed by atoms with Crippen LogP contribution in [0.15, 0.2) is 24.3 Å². The lowest BCUT2D eigenvalue weighted by Crippen LogP contribution is -2.40. The minimum Gasteiger partial charge on any atom is -0.478 e. The summed E-state index contributed by atoms with van der Waals surface area (Å²) in [7, 11) is 0. The predicted octanol–water partition coefficient (Wildman–Crippen LogP) is 2.37. The van der Waals surface area contributed by atoms with Crippen LogP contribution in [0.2, 0.25) is 0 Å². The van der Waals surface area contributed by atoms with Crippen molar-refractivity contribution in [2.75, 3.05) is 0 Å². The van der Waals surface area contributed by atoms with Crippen LogP contribution in [0.4, 0.5) is 4.79 Å². The molecular formula is C14H20N2O3. The molecule has 2 amide bonds. The molecule has 1 aromatic carbocycles. The third-order valence-corrected chi connectivity index (χ3v) is 2.73. The number of carbonyl (C=O) groups is 2. The maximum atomic E-state index is 11.6. The number of urea groups is 1. The summed E-state index contributed by atoms with van der Waals surface area (Å²) in [5.41, 5.74) is 0.984. The first-order chi connectivity index (χ1) is 9.02. The molecule has 1 unspecified atom stereocenters. The van der Waals surface area contributed by atoms with Gasteiger partial charge in [0, 0.05) is 12.6 Å². The molecule has 0 aliphatic rings. The van der Waals surface area contributed by atoms with Crippen molar-refractivity contribution in [1.82, 2.24) is 10.6 Å². The van der Waals surface area contributed by atoms with Crippen molar-refractivity contribution < 1.29 is 14.7 Å². The third-order valence-electron chi connectivity index (χ3n) is 2.73. The number of carbonyl (C=O) groups excluding carboxylic acids is 1. The summed E-state index contributed by atoms with van der Waals surface area (Å²) in [5.74, 6) is -0.970. The second-order valence-electron chi connectivity index (χ2n) is 4.52. The zero-order chi connectivity index (χ0) is 14.3. The Bertz CT molecular complexity index is 446. The van der Waals surface area contributed by atoms with E-state index in [1.54, 1.807) is 18.2 Å². The fourth-order valence-corrected chi connectivity index (χ4v) is 1.78. The van der Waals surface area contributed by atoms with Crippen molar-refractivity contribution in [3.05, 3.63) is 35.4 Å². The van der Waals surface area contributed by atoms with Gasteiger partial charge in [0.05, 0.1) is 5.56 Å². The fraction of sp³-hybridized carbons (Fsp3) is 0.429. The highest BCUT2D eigenvalue weighted by atomic mass is 16.4. The number of nitrogens with one attached hydrogen (secondary N) is 2. The number of benzene rings is 1. The number of rotatable bonds is 6. The number of hydrogen-bond acceptors (Lipinski definition) is 2. The Hall–Kier alpha value is -2.04. The molecule has 0 radical (unpaired) electrons.